The molecule has 5 rings (SSSR count). The quantitative estimate of drug-likeness (QED) is 0.469. The minimum Gasteiger partial charge on any atom is -0.232 e. The van der Waals surface area contributed by atoms with E-state index < -0.39 is 0 Å². The van der Waals surface area contributed by atoms with Crippen molar-refractivity contribution < 1.29 is 0 Å². The molecule has 0 saturated carbocycles. The Labute approximate surface area is 140 Å². The van der Waals surface area contributed by atoms with Crippen molar-refractivity contribution in [1.29, 1.82) is 0 Å². The molecule has 0 fully saturated rings. The lowest BCUT2D eigenvalue weighted by atomic mass is 10.2. The van der Waals surface area contributed by atoms with Crippen molar-refractivity contribution >= 4 is 43.9 Å². The molecule has 2 aromatic carbocycles. The Hall–Kier alpha value is -2.93. The van der Waals surface area contributed by atoms with Gasteiger partial charge in [0.2, 0.25) is 0 Å². The molecule has 3 aromatic heterocycles. The molecule has 116 valence electrons. The molecule has 0 radical (unpaired) electrons. The first-order chi connectivity index (χ1) is 11.7. The van der Waals surface area contributed by atoms with Crippen LogP contribution in [0.4, 0.5) is 0 Å². The van der Waals surface area contributed by atoms with Gasteiger partial charge in [-0.25, -0.2) is 15.0 Å². The van der Waals surface area contributed by atoms with Gasteiger partial charge in [0.1, 0.15) is 16.6 Å². The molecule has 0 spiro atoms. The van der Waals surface area contributed by atoms with Gasteiger partial charge in [0, 0.05) is 0 Å². The van der Waals surface area contributed by atoms with E-state index in [0.717, 1.165) is 37.6 Å². The monoisotopic (exact) mass is 332 g/mol. The van der Waals surface area contributed by atoms with Crippen LogP contribution < -0.4 is 0 Å². The molecule has 0 unspecified atom stereocenters. The fourth-order valence-corrected chi connectivity index (χ4v) is 3.46. The highest BCUT2D eigenvalue weighted by molar-refractivity contribution is 7.18. The molecule has 0 aliphatic heterocycles. The molecule has 0 amide bonds. The van der Waals surface area contributed by atoms with E-state index in [0.29, 0.717) is 5.65 Å². The Morgan fingerprint density at radius 2 is 1.58 bits per heavy atom. The zero-order valence-electron chi connectivity index (χ0n) is 13.1. The lowest BCUT2D eigenvalue weighted by molar-refractivity contribution is 0.766. The summed E-state index contributed by atoms with van der Waals surface area (Å²) in [5.41, 5.74) is 5.88. The van der Waals surface area contributed by atoms with Gasteiger partial charge in [-0.3, -0.25) is 0 Å². The first-order valence-corrected chi connectivity index (χ1v) is 8.37. The third-order valence-corrected chi connectivity index (χ3v) is 4.76. The second-order valence-electron chi connectivity index (χ2n) is 5.71. The molecule has 7 heteroatoms. The summed E-state index contributed by atoms with van der Waals surface area (Å²) in [6.07, 6.45) is 0. The highest BCUT2D eigenvalue weighted by Crippen LogP contribution is 2.25. The molecule has 6 nitrogen and oxygen atoms in total. The first-order valence-electron chi connectivity index (χ1n) is 7.55. The molecule has 24 heavy (non-hydrogen) atoms. The molecule has 3 heterocycles. The van der Waals surface area contributed by atoms with Crippen LogP contribution >= 0.6 is 11.3 Å². The van der Waals surface area contributed by atoms with Crippen molar-refractivity contribution in [3.63, 3.8) is 0 Å². The smallest absolute Gasteiger partial charge is 0.190 e. The van der Waals surface area contributed by atoms with Crippen LogP contribution in [-0.2, 0) is 0 Å². The van der Waals surface area contributed by atoms with Crippen LogP contribution in [0.3, 0.4) is 0 Å². The number of aromatic nitrogens is 6. The number of thiazole rings is 1. The first kappa shape index (κ1) is 13.5. The molecule has 0 atom stereocenters. The Morgan fingerprint density at radius 1 is 0.792 bits per heavy atom. The zero-order valence-corrected chi connectivity index (χ0v) is 13.9. The van der Waals surface area contributed by atoms with Gasteiger partial charge in [0.05, 0.1) is 16.2 Å². The summed E-state index contributed by atoms with van der Waals surface area (Å²) < 4.78 is 0. The average Bonchev–Trinajstić information content (AvgIpc) is 3.15. The number of hydrogen-bond acceptors (Lipinski definition) is 6. The molecule has 0 saturated heterocycles. The third kappa shape index (κ3) is 1.98. The van der Waals surface area contributed by atoms with Crippen LogP contribution in [0.5, 0.6) is 0 Å². The normalized spacial score (nSPS) is 11.8. The summed E-state index contributed by atoms with van der Waals surface area (Å²) in [6, 6.07) is 12.0. The van der Waals surface area contributed by atoms with Gasteiger partial charge in [-0.15, -0.1) is 10.2 Å². The Morgan fingerprint density at radius 3 is 2.42 bits per heavy atom. The summed E-state index contributed by atoms with van der Waals surface area (Å²) in [5, 5.41) is 10.2. The van der Waals surface area contributed by atoms with Gasteiger partial charge >= 0.3 is 0 Å². The van der Waals surface area contributed by atoms with Crippen LogP contribution in [0.1, 0.15) is 10.6 Å². The van der Waals surface area contributed by atoms with Gasteiger partial charge in [0.15, 0.2) is 10.5 Å². The number of aryl methyl sites for hydroxylation is 2. The van der Waals surface area contributed by atoms with Gasteiger partial charge in [0.25, 0.3) is 0 Å². The molecular weight excluding hydrogens is 320 g/mol. The maximum absolute atomic E-state index is 4.67. The number of benzene rings is 2. The summed E-state index contributed by atoms with van der Waals surface area (Å²) in [4.78, 5) is 16.3. The van der Waals surface area contributed by atoms with Crippen molar-refractivity contribution in [2.24, 2.45) is 0 Å². The van der Waals surface area contributed by atoms with Crippen LogP contribution in [0.15, 0.2) is 36.4 Å². The minimum absolute atomic E-state index is 0.669. The van der Waals surface area contributed by atoms with E-state index in [1.165, 1.54) is 5.56 Å². The second kappa shape index (κ2) is 4.78. The molecule has 0 bridgehead atoms. The van der Waals surface area contributed by atoms with Crippen molar-refractivity contribution in [3.05, 3.63) is 47.0 Å². The predicted molar refractivity (Wildman–Crippen MR) is 94.6 cm³/mol. The van der Waals surface area contributed by atoms with E-state index in [1.54, 1.807) is 16.1 Å². The number of fused-ring (bicyclic) bond motifs is 4. The molecular formula is C17H12N6S. The van der Waals surface area contributed by atoms with Gasteiger partial charge < -0.3 is 0 Å². The minimum atomic E-state index is 0.669. The Bertz CT molecular complexity index is 1220. The van der Waals surface area contributed by atoms with Gasteiger partial charge in [-0.2, -0.15) is 4.80 Å². The Kier molecular flexibility index (Phi) is 2.69. The van der Waals surface area contributed by atoms with Crippen molar-refractivity contribution in [2.75, 3.05) is 0 Å². The number of rotatable bonds is 1. The SMILES string of the molecule is Cc1ccc(-n2nc3ccc4nc5sc(C)nc5nc4c3n2)cc1. The Balaban J connectivity index is 1.80. The van der Waals surface area contributed by atoms with Crippen molar-refractivity contribution in [2.45, 2.75) is 13.8 Å². The van der Waals surface area contributed by atoms with E-state index >= 15 is 0 Å². The van der Waals surface area contributed by atoms with E-state index in [-0.39, 0.29) is 0 Å². The topological polar surface area (TPSA) is 69.4 Å². The molecule has 0 N–H and O–H groups in total. The van der Waals surface area contributed by atoms with Crippen molar-refractivity contribution in [3.8, 4) is 5.69 Å². The predicted octanol–water partition coefficient (Wildman–Crippen LogP) is 3.59. The summed E-state index contributed by atoms with van der Waals surface area (Å²) in [6.45, 7) is 4.02. The van der Waals surface area contributed by atoms with E-state index in [9.17, 15) is 0 Å². The highest BCUT2D eigenvalue weighted by atomic mass is 32.1. The maximum atomic E-state index is 4.67. The van der Waals surface area contributed by atoms with Gasteiger partial charge in [-0.05, 0) is 38.1 Å². The zero-order chi connectivity index (χ0) is 16.3. The second-order valence-corrected chi connectivity index (χ2v) is 6.89. The van der Waals surface area contributed by atoms with Crippen LogP contribution in [0.25, 0.3) is 38.2 Å². The van der Waals surface area contributed by atoms with E-state index in [4.69, 9.17) is 0 Å². The van der Waals surface area contributed by atoms with Crippen LogP contribution in [0, 0.1) is 13.8 Å². The average molecular weight is 332 g/mol. The fourth-order valence-electron chi connectivity index (χ4n) is 2.72. The fraction of sp³-hybridized carbons (Fsp3) is 0.118. The molecule has 5 aromatic rings. The summed E-state index contributed by atoms with van der Waals surface area (Å²) in [7, 11) is 0. The standard InChI is InChI=1S/C17H12N6S/c1-9-3-5-11(6-4-9)23-21-13-8-7-12-14(15(13)22-23)20-16-17(19-12)24-10(2)18-16/h3-8H,1-2H3. The van der Waals surface area contributed by atoms with Crippen LogP contribution in [0.2, 0.25) is 0 Å². The lowest BCUT2D eigenvalue weighted by Gasteiger charge is -1.98. The van der Waals surface area contributed by atoms with Crippen LogP contribution in [-0.4, -0.2) is 29.9 Å². The maximum Gasteiger partial charge on any atom is 0.190 e. The summed E-state index contributed by atoms with van der Waals surface area (Å²) in [5.74, 6) is 0. The van der Waals surface area contributed by atoms with E-state index in [1.807, 2.05) is 43.3 Å². The molecule has 0 aliphatic carbocycles. The van der Waals surface area contributed by atoms with Crippen molar-refractivity contribution in [1.82, 2.24) is 29.9 Å². The largest absolute Gasteiger partial charge is 0.232 e. The number of hydrogen-bond donors (Lipinski definition) is 0. The van der Waals surface area contributed by atoms with E-state index in [2.05, 4.69) is 32.1 Å². The lowest BCUT2D eigenvalue weighted by Crippen LogP contribution is -1.98. The summed E-state index contributed by atoms with van der Waals surface area (Å²) >= 11 is 1.55. The molecule has 0 aliphatic rings. The number of nitrogens with zero attached hydrogens (tertiary/aromatic N) is 6. The van der Waals surface area contributed by atoms with Gasteiger partial charge in [-0.1, -0.05) is 29.0 Å². The highest BCUT2D eigenvalue weighted by Gasteiger charge is 2.13. The third-order valence-electron chi connectivity index (χ3n) is 3.91.